The lowest BCUT2D eigenvalue weighted by Gasteiger charge is -2.46. The Kier molecular flexibility index (Phi) is 25.1. The number of carbonyl (C=O) groups is 12. The molecule has 28 nitrogen and oxygen atoms in total. The van der Waals surface area contributed by atoms with Crippen molar-refractivity contribution in [3.8, 4) is 0 Å². The quantitative estimate of drug-likeness (QED) is 0.0503. The number of hydrogen-bond acceptors (Lipinski definition) is 22. The third-order valence-electron chi connectivity index (χ3n) is 15.4. The maximum atomic E-state index is 13.0. The minimum absolute atomic E-state index is 0.106. The summed E-state index contributed by atoms with van der Waals surface area (Å²) in [6, 6.07) is -2.62. The maximum Gasteiger partial charge on any atom is 0.338 e. The van der Waals surface area contributed by atoms with Crippen LogP contribution in [0.5, 0.6) is 0 Å². The third kappa shape index (κ3) is 14.6. The molecule has 0 radical (unpaired) electrons. The van der Waals surface area contributed by atoms with E-state index in [4.69, 9.17) is 19.7 Å². The van der Waals surface area contributed by atoms with E-state index in [0.29, 0.717) is 42.8 Å². The highest BCUT2D eigenvalue weighted by atomic mass is 32.2. The van der Waals surface area contributed by atoms with Crippen LogP contribution in [0.25, 0.3) is 0 Å². The van der Waals surface area contributed by atoms with Gasteiger partial charge in [-0.05, 0) is 43.4 Å². The number of carbonyl (C=O) groups excluding carboxylic acids is 10. The molecule has 30 heteroatoms. The van der Waals surface area contributed by atoms with Crippen molar-refractivity contribution < 1.29 is 108 Å². The molecule has 83 heavy (non-hydrogen) atoms. The Morgan fingerprint density at radius 3 is 1.30 bits per heavy atom. The molecule has 6 rings (SSSR count). The molecule has 6 amide bonds. The summed E-state index contributed by atoms with van der Waals surface area (Å²) in [4.78, 5) is 140. The van der Waals surface area contributed by atoms with Crippen LogP contribution in [-0.4, -0.2) is 205 Å². The third-order valence-corrected chi connectivity index (χ3v) is 17.6. The minimum Gasteiger partial charge on any atom is -0.480 e. The molecule has 0 aromatic heterocycles. The van der Waals surface area contributed by atoms with Gasteiger partial charge in [0.2, 0.25) is 56.8 Å². The summed E-state index contributed by atoms with van der Waals surface area (Å²) in [6.07, 6.45) is -6.22. The van der Waals surface area contributed by atoms with Crippen LogP contribution >= 0.6 is 23.5 Å². The van der Waals surface area contributed by atoms with Gasteiger partial charge in [-0.3, -0.25) is 38.4 Å². The monoisotopic (exact) mass is 1220 g/mol. The molecule has 6 fully saturated rings. The average Bonchev–Trinajstić information content (AvgIpc) is 2.11. The number of aliphatic hydroxyl groups excluding tert-OH is 6. The fraction of sp³-hybridized carbons (Fsp3) is 0.774. The fourth-order valence-corrected chi connectivity index (χ4v) is 13.0. The van der Waals surface area contributed by atoms with Crippen LogP contribution in [0.4, 0.5) is 0 Å². The van der Waals surface area contributed by atoms with Crippen LogP contribution < -0.4 is 31.9 Å². The lowest BCUT2D eigenvalue weighted by molar-refractivity contribution is -0.208. The zero-order valence-electron chi connectivity index (χ0n) is 48.9. The number of carboxylic acid groups (broad SMARTS) is 2. The van der Waals surface area contributed by atoms with Gasteiger partial charge >= 0.3 is 23.9 Å². The lowest BCUT2D eigenvalue weighted by atomic mass is 9.75. The normalized spacial score (nSPS) is 31.3. The van der Waals surface area contributed by atoms with Gasteiger partial charge in [-0.25, -0.2) is 19.2 Å². The van der Waals surface area contributed by atoms with Gasteiger partial charge in [-0.1, -0.05) is 106 Å². The Labute approximate surface area is 489 Å². The second-order valence-electron chi connectivity index (χ2n) is 23.0. The first-order valence-corrected chi connectivity index (χ1v) is 29.5. The van der Waals surface area contributed by atoms with Crippen LogP contribution in [-0.2, 0) is 67.0 Å². The molecule has 470 valence electrons. The molecule has 0 aliphatic carbocycles. The van der Waals surface area contributed by atoms with Crippen LogP contribution in [0.15, 0.2) is 0 Å². The zero-order valence-corrected chi connectivity index (χ0v) is 50.5. The molecule has 6 aliphatic rings. The van der Waals surface area contributed by atoms with Crippen molar-refractivity contribution in [1.82, 2.24) is 31.9 Å². The van der Waals surface area contributed by atoms with E-state index in [0.717, 1.165) is 20.3 Å². The van der Waals surface area contributed by atoms with E-state index in [9.17, 15) is 88.2 Å². The molecule has 17 atom stereocenters. The summed E-state index contributed by atoms with van der Waals surface area (Å²) in [5.74, 6) is -9.53. The Bertz CT molecular complexity index is 2470. The summed E-state index contributed by atoms with van der Waals surface area (Å²) < 4.78 is 10.0. The van der Waals surface area contributed by atoms with Crippen LogP contribution in [0.1, 0.15) is 122 Å². The molecule has 0 saturated carbocycles. The number of fused-ring (bicyclic) bond motifs is 2. The summed E-state index contributed by atoms with van der Waals surface area (Å²) in [5, 5.41) is 93.3. The standard InChI is InChI=1S/C17H28N2O7S.C14H22N2O7S.C12H19NO4.C10H15NO4/c1-5-6-10-13(22)17(19-14(10)23,12(21)8(2)3)16(26)27-7-11(15(24)25)18-9(4)20;1-6(2)11(20)14(9(18)4-10(19)16-14)13(23)24-5-8(12(21)22)15-7(3)17;1-4-5-7-9-12(11(16)17-9,13-10(7)15)8(14)6(2)3;1-4(2)6(12)10-7(15-9(10)14)5(3)8(13)11-10/h8,10-13,21-22H,5-7H2,1-4H3,(H,18,20)(H,19,23)(H,24,25);6,8-9,11,18,20H,4-5H2,1-3H3,(H,15,17)(H,16,19)(H,21,22);6-9,14H,4-5H2,1-3H3,(H,13,15);4-7,12H,1-3H3,(H,11,13)/t10-,11+,12+,13+,17-;8-,9-,11-,14-;7-,8+,9+,12?;5-,6+,7+,10?/m1011/s1. The molecule has 6 aliphatic heterocycles. The molecular formula is C53H84N6O22S2. The number of rotatable bonds is 22. The van der Waals surface area contributed by atoms with Crippen molar-refractivity contribution in [3.63, 3.8) is 0 Å². The summed E-state index contributed by atoms with van der Waals surface area (Å²) in [6.45, 7) is 21.6. The van der Waals surface area contributed by atoms with E-state index in [1.54, 1.807) is 48.5 Å². The Hall–Kier alpha value is -5.50. The van der Waals surface area contributed by atoms with Crippen molar-refractivity contribution in [2.24, 2.45) is 41.4 Å². The van der Waals surface area contributed by atoms with Gasteiger partial charge in [0.1, 0.15) is 24.3 Å². The molecule has 2 unspecified atom stereocenters. The van der Waals surface area contributed by atoms with E-state index < -0.39 is 159 Å². The van der Waals surface area contributed by atoms with Gasteiger partial charge in [0.15, 0.2) is 11.1 Å². The van der Waals surface area contributed by atoms with Crippen LogP contribution in [0.3, 0.4) is 0 Å². The number of amides is 6. The molecule has 6 saturated heterocycles. The van der Waals surface area contributed by atoms with Crippen LogP contribution in [0, 0.1) is 41.4 Å². The second-order valence-corrected chi connectivity index (χ2v) is 25.0. The lowest BCUT2D eigenvalue weighted by Crippen LogP contribution is -2.73. The number of carboxylic acids is 2. The first kappa shape index (κ1) is 71.8. The summed E-state index contributed by atoms with van der Waals surface area (Å²) in [5.41, 5.74) is -6.19. The van der Waals surface area contributed by atoms with E-state index in [-0.39, 0.29) is 53.4 Å². The van der Waals surface area contributed by atoms with Crippen molar-refractivity contribution in [2.75, 3.05) is 11.5 Å². The van der Waals surface area contributed by atoms with E-state index >= 15 is 0 Å². The predicted molar refractivity (Wildman–Crippen MR) is 295 cm³/mol. The van der Waals surface area contributed by atoms with Gasteiger partial charge in [0.25, 0.3) is 0 Å². The Morgan fingerprint density at radius 1 is 0.566 bits per heavy atom. The number of aliphatic carboxylic acids is 2. The molecular weight excluding hydrogens is 1140 g/mol. The molecule has 0 bridgehead atoms. The average molecular weight is 1220 g/mol. The number of esters is 2. The van der Waals surface area contributed by atoms with Gasteiger partial charge < -0.3 is 82.2 Å². The summed E-state index contributed by atoms with van der Waals surface area (Å²) in [7, 11) is 0. The van der Waals surface area contributed by atoms with Crippen molar-refractivity contribution in [3.05, 3.63) is 0 Å². The Balaban J connectivity index is 0.000000297. The Morgan fingerprint density at radius 2 is 0.940 bits per heavy atom. The minimum atomic E-state index is -1.92. The predicted octanol–water partition coefficient (Wildman–Crippen LogP) is -2.38. The molecule has 0 spiro atoms. The fourth-order valence-electron chi connectivity index (χ4n) is 10.8. The molecule has 14 N–H and O–H groups in total. The van der Waals surface area contributed by atoms with Gasteiger partial charge in [-0.2, -0.15) is 0 Å². The van der Waals surface area contributed by atoms with Gasteiger partial charge in [0, 0.05) is 25.4 Å². The van der Waals surface area contributed by atoms with Crippen molar-refractivity contribution in [2.45, 2.75) is 205 Å². The second kappa shape index (κ2) is 29.1. The van der Waals surface area contributed by atoms with Gasteiger partial charge in [-0.15, -0.1) is 0 Å². The first-order valence-electron chi connectivity index (χ1n) is 27.5. The highest BCUT2D eigenvalue weighted by Gasteiger charge is 2.72. The molecule has 0 aromatic carbocycles. The number of aliphatic hydroxyl groups is 6. The topological polar surface area (TPSA) is 457 Å². The maximum absolute atomic E-state index is 13.0. The number of ether oxygens (including phenoxy) is 2. The largest absolute Gasteiger partial charge is 0.480 e. The highest BCUT2D eigenvalue weighted by Crippen LogP contribution is 2.45. The number of hydrogen-bond donors (Lipinski definition) is 14. The van der Waals surface area contributed by atoms with Crippen LogP contribution in [0.2, 0.25) is 0 Å². The molecule has 0 aromatic rings. The van der Waals surface area contributed by atoms with Crippen molar-refractivity contribution >= 4 is 93.1 Å². The van der Waals surface area contributed by atoms with E-state index in [2.05, 4.69) is 31.9 Å². The molecule has 6 heterocycles. The zero-order chi connectivity index (χ0) is 63.8. The van der Waals surface area contributed by atoms with Crippen molar-refractivity contribution in [1.29, 1.82) is 0 Å². The highest BCUT2D eigenvalue weighted by molar-refractivity contribution is 8.14. The number of thioether (sulfide) groups is 2. The summed E-state index contributed by atoms with van der Waals surface area (Å²) >= 11 is 1.09. The smallest absolute Gasteiger partial charge is 0.338 e. The van der Waals surface area contributed by atoms with E-state index in [1.807, 2.05) is 27.7 Å². The first-order chi connectivity index (χ1) is 38.4. The SMILES string of the molecule is CC(=O)N[C@@H](CSC(=O)[C@]1([C@@H](O)C(C)C)NC(=O)C[C@@H]1O)C(=O)O.CC(C)[C@H](O)C12NC(=O)[C@H](C)[C@@H]1OC2=O.CCC[C@H]1C(=O)NC2([C@@H](O)C(C)C)C(=O)O[C@@H]12.CCC[C@H]1C(=O)N[C@](C(=O)SC[C@H](NC(C)=O)C(=O)O)([C@@H](O)C(C)C)[C@H]1O. The number of nitrogens with one attached hydrogen (secondary N) is 6. The van der Waals surface area contributed by atoms with E-state index in [1.165, 1.54) is 0 Å². The van der Waals surface area contributed by atoms with Gasteiger partial charge in [0.05, 0.1) is 60.8 Å².